The van der Waals surface area contributed by atoms with Crippen molar-refractivity contribution in [2.45, 2.75) is 0 Å². The van der Waals surface area contributed by atoms with E-state index >= 15 is 0 Å². The molecule has 4 aromatic heterocycles. The van der Waals surface area contributed by atoms with Gasteiger partial charge in [-0.15, -0.1) is 17.1 Å². The maximum absolute atomic E-state index is 14.0. The summed E-state index contributed by atoms with van der Waals surface area (Å²) in [6, 6.07) is 1.90. The van der Waals surface area contributed by atoms with Gasteiger partial charge in [-0.05, 0) is 6.07 Å². The van der Waals surface area contributed by atoms with E-state index in [9.17, 15) is 8.78 Å². The SMILES string of the molecule is C=C=C(Nc1cnc(-c2cc(-c3nccs3)nn2C)s1)c1c(F)cncc1F. The average Bonchev–Trinajstić information content (AvgIpc) is 3.41. The Morgan fingerprint density at radius 3 is 2.64 bits per heavy atom. The van der Waals surface area contributed by atoms with Gasteiger partial charge in [0.15, 0.2) is 11.6 Å². The van der Waals surface area contributed by atoms with Crippen LogP contribution in [0.25, 0.3) is 27.1 Å². The molecule has 0 amide bonds. The summed E-state index contributed by atoms with van der Waals surface area (Å²) < 4.78 is 29.7. The minimum Gasteiger partial charge on any atom is -0.339 e. The normalized spacial score (nSPS) is 10.7. The van der Waals surface area contributed by atoms with Gasteiger partial charge in [0, 0.05) is 18.6 Å². The van der Waals surface area contributed by atoms with Gasteiger partial charge in [0.1, 0.15) is 20.7 Å². The van der Waals surface area contributed by atoms with Crippen molar-refractivity contribution in [3.05, 3.63) is 65.7 Å². The zero-order valence-electron chi connectivity index (χ0n) is 14.5. The highest BCUT2D eigenvalue weighted by Crippen LogP contribution is 2.33. The van der Waals surface area contributed by atoms with Crippen LogP contribution in [-0.2, 0) is 7.05 Å². The van der Waals surface area contributed by atoms with Crippen molar-refractivity contribution in [2.75, 3.05) is 5.32 Å². The summed E-state index contributed by atoms with van der Waals surface area (Å²) in [6.45, 7) is 3.51. The number of hydrogen-bond donors (Lipinski definition) is 1. The Labute approximate surface area is 166 Å². The third-order valence-corrected chi connectivity index (χ3v) is 5.52. The average molecular weight is 414 g/mol. The summed E-state index contributed by atoms with van der Waals surface area (Å²) >= 11 is 2.81. The van der Waals surface area contributed by atoms with E-state index in [-0.39, 0.29) is 11.3 Å². The molecule has 0 unspecified atom stereocenters. The van der Waals surface area contributed by atoms with Crippen LogP contribution < -0.4 is 5.32 Å². The molecule has 0 atom stereocenters. The molecule has 0 saturated heterocycles. The van der Waals surface area contributed by atoms with Gasteiger partial charge in [0.05, 0.1) is 35.5 Å². The summed E-state index contributed by atoms with van der Waals surface area (Å²) in [5.41, 5.74) is 3.89. The first kappa shape index (κ1) is 18.2. The number of nitrogens with zero attached hydrogens (tertiary/aromatic N) is 5. The molecule has 10 heteroatoms. The van der Waals surface area contributed by atoms with E-state index in [0.29, 0.717) is 10.0 Å². The number of halogens is 2. The number of nitrogens with one attached hydrogen (secondary N) is 1. The highest BCUT2D eigenvalue weighted by molar-refractivity contribution is 7.19. The Morgan fingerprint density at radius 2 is 1.96 bits per heavy atom. The second-order valence-electron chi connectivity index (χ2n) is 5.56. The third-order valence-electron chi connectivity index (χ3n) is 3.78. The second kappa shape index (κ2) is 7.43. The van der Waals surface area contributed by atoms with Crippen LogP contribution in [-0.4, -0.2) is 24.7 Å². The van der Waals surface area contributed by atoms with Crippen molar-refractivity contribution in [3.8, 4) is 21.4 Å². The lowest BCUT2D eigenvalue weighted by Gasteiger charge is -2.08. The number of hydrogen-bond acceptors (Lipinski definition) is 7. The molecule has 0 aliphatic heterocycles. The lowest BCUT2D eigenvalue weighted by Crippen LogP contribution is -2.03. The van der Waals surface area contributed by atoms with E-state index in [1.165, 1.54) is 22.7 Å². The predicted octanol–water partition coefficient (Wildman–Crippen LogP) is 4.58. The molecule has 28 heavy (non-hydrogen) atoms. The topological polar surface area (TPSA) is 68.5 Å². The van der Waals surface area contributed by atoms with Crippen molar-refractivity contribution in [1.82, 2.24) is 24.7 Å². The monoisotopic (exact) mass is 414 g/mol. The quantitative estimate of drug-likeness (QED) is 0.484. The molecule has 1 N–H and O–H groups in total. The molecule has 6 nitrogen and oxygen atoms in total. The number of aromatic nitrogens is 5. The lowest BCUT2D eigenvalue weighted by atomic mass is 10.2. The Kier molecular flexibility index (Phi) is 4.82. The summed E-state index contributed by atoms with van der Waals surface area (Å²) in [7, 11) is 1.82. The van der Waals surface area contributed by atoms with Crippen LogP contribution in [0.2, 0.25) is 0 Å². The highest BCUT2D eigenvalue weighted by Gasteiger charge is 2.17. The van der Waals surface area contributed by atoms with Crippen molar-refractivity contribution < 1.29 is 8.78 Å². The van der Waals surface area contributed by atoms with E-state index < -0.39 is 11.6 Å². The van der Waals surface area contributed by atoms with Crippen molar-refractivity contribution in [3.63, 3.8) is 0 Å². The van der Waals surface area contributed by atoms with Crippen molar-refractivity contribution >= 4 is 33.4 Å². The molecule has 4 rings (SSSR count). The first-order valence-electron chi connectivity index (χ1n) is 7.93. The van der Waals surface area contributed by atoms with Gasteiger partial charge in [0.2, 0.25) is 0 Å². The second-order valence-corrected chi connectivity index (χ2v) is 7.49. The Balaban J connectivity index is 1.63. The van der Waals surface area contributed by atoms with E-state index in [1.807, 2.05) is 18.5 Å². The standard InChI is InChI=1S/C18H12F2N6S2/c1-3-12(16-10(19)7-21-8-11(16)20)24-15-9-23-18(28-15)14-6-13(25-26(14)2)17-22-4-5-27-17/h4-9,24H,1H2,2H3. The van der Waals surface area contributed by atoms with E-state index in [0.717, 1.165) is 28.8 Å². The number of rotatable bonds is 5. The number of pyridine rings is 1. The van der Waals surface area contributed by atoms with Gasteiger partial charge in [-0.2, -0.15) is 5.10 Å². The van der Waals surface area contributed by atoms with E-state index in [1.54, 1.807) is 17.1 Å². The zero-order valence-corrected chi connectivity index (χ0v) is 16.1. The van der Waals surface area contributed by atoms with Gasteiger partial charge >= 0.3 is 0 Å². The predicted molar refractivity (Wildman–Crippen MR) is 106 cm³/mol. The molecule has 4 aromatic rings. The fourth-order valence-corrected chi connectivity index (χ4v) is 4.00. The summed E-state index contributed by atoms with van der Waals surface area (Å²) in [5, 5.41) is 11.4. The number of aryl methyl sites for hydroxylation is 1. The van der Waals surface area contributed by atoms with E-state index in [4.69, 9.17) is 0 Å². The van der Waals surface area contributed by atoms with Gasteiger partial charge in [-0.25, -0.2) is 18.7 Å². The number of anilines is 1. The maximum atomic E-state index is 14.0. The smallest absolute Gasteiger partial charge is 0.154 e. The molecular weight excluding hydrogens is 402 g/mol. The molecular formula is C18H12F2N6S2. The van der Waals surface area contributed by atoms with Gasteiger partial charge in [-0.3, -0.25) is 9.67 Å². The first-order valence-corrected chi connectivity index (χ1v) is 9.63. The van der Waals surface area contributed by atoms with Crippen molar-refractivity contribution in [2.24, 2.45) is 7.05 Å². The molecule has 0 spiro atoms. The lowest BCUT2D eigenvalue weighted by molar-refractivity contribution is 0.567. The number of thiazole rings is 2. The third kappa shape index (κ3) is 3.36. The Hall–Kier alpha value is -3.20. The first-order chi connectivity index (χ1) is 13.6. The zero-order chi connectivity index (χ0) is 19.7. The Bertz CT molecular complexity index is 1170. The molecule has 0 radical (unpaired) electrons. The van der Waals surface area contributed by atoms with E-state index in [2.05, 4.69) is 37.7 Å². The van der Waals surface area contributed by atoms with Crippen LogP contribution >= 0.6 is 22.7 Å². The maximum Gasteiger partial charge on any atom is 0.154 e. The van der Waals surface area contributed by atoms with Crippen LogP contribution in [0.1, 0.15) is 5.56 Å². The largest absolute Gasteiger partial charge is 0.339 e. The van der Waals surface area contributed by atoms with Gasteiger partial charge in [0.25, 0.3) is 0 Å². The van der Waals surface area contributed by atoms with Gasteiger partial charge in [-0.1, -0.05) is 17.9 Å². The molecule has 0 aromatic carbocycles. The molecule has 0 saturated carbocycles. The minimum atomic E-state index is -0.803. The van der Waals surface area contributed by atoms with Crippen LogP contribution in [0, 0.1) is 11.6 Å². The van der Waals surface area contributed by atoms with Crippen molar-refractivity contribution in [1.29, 1.82) is 0 Å². The fraction of sp³-hybridized carbons (Fsp3) is 0.0556. The van der Waals surface area contributed by atoms with Crippen LogP contribution in [0.15, 0.2) is 48.5 Å². The Morgan fingerprint density at radius 1 is 1.18 bits per heavy atom. The van der Waals surface area contributed by atoms with Crippen LogP contribution in [0.3, 0.4) is 0 Å². The summed E-state index contributed by atoms with van der Waals surface area (Å²) in [4.78, 5) is 12.1. The molecule has 140 valence electrons. The van der Waals surface area contributed by atoms with Crippen LogP contribution in [0.4, 0.5) is 13.8 Å². The molecule has 4 heterocycles. The fourth-order valence-electron chi connectivity index (χ4n) is 2.54. The van der Waals surface area contributed by atoms with Gasteiger partial charge < -0.3 is 5.32 Å². The molecule has 0 fully saturated rings. The molecule has 0 aliphatic rings. The highest BCUT2D eigenvalue weighted by atomic mass is 32.1. The van der Waals surface area contributed by atoms with Crippen LogP contribution in [0.5, 0.6) is 0 Å². The minimum absolute atomic E-state index is 0.0704. The summed E-state index contributed by atoms with van der Waals surface area (Å²) in [6.07, 6.45) is 5.17. The molecule has 0 aliphatic carbocycles. The molecule has 0 bridgehead atoms. The summed E-state index contributed by atoms with van der Waals surface area (Å²) in [5.74, 6) is -1.61.